The number of nitriles is 1. The lowest BCUT2D eigenvalue weighted by Crippen LogP contribution is -2.09. The maximum absolute atomic E-state index is 13.1. The second kappa shape index (κ2) is 5.68. The maximum Gasteiger partial charge on any atom is 0.125 e. The normalized spacial score (nSPS) is 10.5. The van der Waals surface area contributed by atoms with Crippen molar-refractivity contribution in [2.24, 2.45) is 0 Å². The summed E-state index contributed by atoms with van der Waals surface area (Å²) in [6.45, 7) is 1.47. The summed E-state index contributed by atoms with van der Waals surface area (Å²) < 4.78 is 15.2. The third-order valence-corrected chi connectivity index (χ3v) is 3.41. The molecule has 0 aliphatic heterocycles. The Kier molecular flexibility index (Phi) is 3.57. The minimum absolute atomic E-state index is 0.240. The van der Waals surface area contributed by atoms with Crippen LogP contribution in [0.4, 0.5) is 10.1 Å². The molecule has 21 heavy (non-hydrogen) atoms. The molecule has 0 amide bonds. The van der Waals surface area contributed by atoms with Crippen LogP contribution in [-0.2, 0) is 6.54 Å². The number of hydrogen-bond acceptors (Lipinski definition) is 2. The summed E-state index contributed by atoms with van der Waals surface area (Å²) in [5.41, 5.74) is 2.53. The zero-order chi connectivity index (χ0) is 14.7. The van der Waals surface area contributed by atoms with Crippen LogP contribution in [-0.4, -0.2) is 11.1 Å². The van der Waals surface area contributed by atoms with E-state index in [-0.39, 0.29) is 5.82 Å². The van der Waals surface area contributed by atoms with Crippen LogP contribution in [0.1, 0.15) is 5.56 Å². The molecule has 0 saturated carbocycles. The number of fused-ring (bicyclic) bond motifs is 1. The second-order valence-electron chi connectivity index (χ2n) is 4.83. The van der Waals surface area contributed by atoms with Gasteiger partial charge in [0.25, 0.3) is 0 Å². The molecule has 3 aromatic rings. The fraction of sp³-hybridized carbons (Fsp3) is 0.118. The highest BCUT2D eigenvalue weighted by molar-refractivity contribution is 5.81. The van der Waals surface area contributed by atoms with E-state index in [1.807, 2.05) is 36.5 Å². The first kappa shape index (κ1) is 13.2. The van der Waals surface area contributed by atoms with Crippen LogP contribution in [0.25, 0.3) is 10.9 Å². The van der Waals surface area contributed by atoms with Gasteiger partial charge in [-0.15, -0.1) is 0 Å². The molecule has 3 rings (SSSR count). The smallest absolute Gasteiger partial charge is 0.125 e. The average molecular weight is 279 g/mol. The quantitative estimate of drug-likeness (QED) is 0.790. The zero-order valence-corrected chi connectivity index (χ0v) is 11.4. The van der Waals surface area contributed by atoms with Crippen LogP contribution in [0.15, 0.2) is 54.7 Å². The Morgan fingerprint density at radius 3 is 2.86 bits per heavy atom. The number of nitrogens with zero attached hydrogens (tertiary/aromatic N) is 2. The predicted molar refractivity (Wildman–Crippen MR) is 81.5 cm³/mol. The van der Waals surface area contributed by atoms with Gasteiger partial charge < -0.3 is 9.88 Å². The number of benzene rings is 2. The highest BCUT2D eigenvalue weighted by Crippen LogP contribution is 2.17. The molecular weight excluding hydrogens is 265 g/mol. The van der Waals surface area contributed by atoms with Crippen LogP contribution in [0, 0.1) is 17.1 Å². The van der Waals surface area contributed by atoms with Gasteiger partial charge in [0.15, 0.2) is 0 Å². The van der Waals surface area contributed by atoms with E-state index in [1.165, 1.54) is 12.1 Å². The van der Waals surface area contributed by atoms with Crippen molar-refractivity contribution in [1.82, 2.24) is 4.57 Å². The van der Waals surface area contributed by atoms with E-state index >= 15 is 0 Å². The fourth-order valence-electron chi connectivity index (χ4n) is 2.38. The van der Waals surface area contributed by atoms with Gasteiger partial charge in [0.2, 0.25) is 0 Å². The van der Waals surface area contributed by atoms with Crippen LogP contribution in [0.5, 0.6) is 0 Å². The summed E-state index contributed by atoms with van der Waals surface area (Å²) in [5, 5.41) is 13.1. The first-order valence-electron chi connectivity index (χ1n) is 6.75. The minimum atomic E-state index is -0.240. The Hall–Kier alpha value is -2.80. The van der Waals surface area contributed by atoms with Crippen molar-refractivity contribution in [1.29, 1.82) is 5.26 Å². The van der Waals surface area contributed by atoms with Crippen molar-refractivity contribution in [3.63, 3.8) is 0 Å². The summed E-state index contributed by atoms with van der Waals surface area (Å²) in [7, 11) is 0. The largest absolute Gasteiger partial charge is 0.383 e. The lowest BCUT2D eigenvalue weighted by atomic mass is 10.2. The molecule has 0 aliphatic carbocycles. The first-order chi connectivity index (χ1) is 10.3. The monoisotopic (exact) mass is 279 g/mol. The zero-order valence-electron chi connectivity index (χ0n) is 11.4. The molecule has 3 nitrogen and oxygen atoms in total. The summed E-state index contributed by atoms with van der Waals surface area (Å²) in [4.78, 5) is 0. The average Bonchev–Trinajstić information content (AvgIpc) is 2.90. The second-order valence-corrected chi connectivity index (χ2v) is 4.83. The predicted octanol–water partition coefficient (Wildman–Crippen LogP) is 3.76. The third-order valence-electron chi connectivity index (χ3n) is 3.41. The van der Waals surface area contributed by atoms with E-state index < -0.39 is 0 Å². The Morgan fingerprint density at radius 1 is 1.14 bits per heavy atom. The molecule has 0 saturated heterocycles. The highest BCUT2D eigenvalue weighted by Gasteiger charge is 2.02. The number of nitrogens with one attached hydrogen (secondary N) is 1. The van der Waals surface area contributed by atoms with Crippen molar-refractivity contribution >= 4 is 16.6 Å². The molecule has 4 heteroatoms. The van der Waals surface area contributed by atoms with Gasteiger partial charge in [0.1, 0.15) is 5.82 Å². The molecule has 0 radical (unpaired) electrons. The van der Waals surface area contributed by atoms with Crippen molar-refractivity contribution in [2.75, 3.05) is 11.9 Å². The Bertz CT molecular complexity index is 814. The molecule has 1 heterocycles. The fourth-order valence-corrected chi connectivity index (χ4v) is 2.38. The molecule has 1 aromatic heterocycles. The summed E-state index contributed by atoms with van der Waals surface area (Å²) in [6.07, 6.45) is 2.00. The molecule has 0 aliphatic rings. The number of anilines is 1. The topological polar surface area (TPSA) is 40.8 Å². The standard InChI is InChI=1S/C17H14FN3/c18-15-2-1-3-16(11-15)20-7-9-21-8-6-14-10-13(12-19)4-5-17(14)21/h1-6,8,10-11,20H,7,9H2. The van der Waals surface area contributed by atoms with Crippen LogP contribution in [0.2, 0.25) is 0 Å². The SMILES string of the molecule is N#Cc1ccc2c(ccn2CCNc2cccc(F)c2)c1. The summed E-state index contributed by atoms with van der Waals surface area (Å²) >= 11 is 0. The summed E-state index contributed by atoms with van der Waals surface area (Å²) in [6, 6.07) is 16.2. The van der Waals surface area contributed by atoms with Gasteiger partial charge >= 0.3 is 0 Å². The van der Waals surface area contributed by atoms with E-state index in [0.29, 0.717) is 12.1 Å². The van der Waals surface area contributed by atoms with Crippen molar-refractivity contribution < 1.29 is 4.39 Å². The molecule has 104 valence electrons. The Morgan fingerprint density at radius 2 is 2.05 bits per heavy atom. The maximum atomic E-state index is 13.1. The Labute approximate surface area is 122 Å². The highest BCUT2D eigenvalue weighted by atomic mass is 19.1. The molecule has 2 aromatic carbocycles. The van der Waals surface area contributed by atoms with E-state index in [9.17, 15) is 4.39 Å². The van der Waals surface area contributed by atoms with Crippen LogP contribution >= 0.6 is 0 Å². The Balaban J connectivity index is 1.70. The van der Waals surface area contributed by atoms with Gasteiger partial charge in [-0.25, -0.2) is 4.39 Å². The number of hydrogen-bond donors (Lipinski definition) is 1. The van der Waals surface area contributed by atoms with Crippen molar-refractivity contribution in [2.45, 2.75) is 6.54 Å². The van der Waals surface area contributed by atoms with Gasteiger partial charge in [0.05, 0.1) is 11.6 Å². The lowest BCUT2D eigenvalue weighted by Gasteiger charge is -2.08. The first-order valence-corrected chi connectivity index (χ1v) is 6.75. The molecule has 0 fully saturated rings. The molecule has 0 bridgehead atoms. The van der Waals surface area contributed by atoms with Gasteiger partial charge in [-0.2, -0.15) is 5.26 Å². The van der Waals surface area contributed by atoms with E-state index in [1.54, 1.807) is 6.07 Å². The van der Waals surface area contributed by atoms with Crippen molar-refractivity contribution in [3.05, 3.63) is 66.1 Å². The molecular formula is C17H14FN3. The minimum Gasteiger partial charge on any atom is -0.383 e. The third kappa shape index (κ3) is 2.87. The lowest BCUT2D eigenvalue weighted by molar-refractivity contribution is 0.628. The van der Waals surface area contributed by atoms with Gasteiger partial charge in [-0.05, 0) is 42.5 Å². The number of aromatic nitrogens is 1. The van der Waals surface area contributed by atoms with Crippen LogP contribution < -0.4 is 5.32 Å². The van der Waals surface area contributed by atoms with Gasteiger partial charge in [-0.1, -0.05) is 6.07 Å². The number of halogens is 1. The molecule has 1 N–H and O–H groups in total. The summed E-state index contributed by atoms with van der Waals surface area (Å²) in [5.74, 6) is -0.240. The molecule has 0 spiro atoms. The number of rotatable bonds is 4. The molecule has 0 atom stereocenters. The van der Waals surface area contributed by atoms with Crippen molar-refractivity contribution in [3.8, 4) is 6.07 Å². The van der Waals surface area contributed by atoms with Gasteiger partial charge in [0, 0.05) is 35.9 Å². The van der Waals surface area contributed by atoms with E-state index in [0.717, 1.165) is 23.1 Å². The van der Waals surface area contributed by atoms with E-state index in [4.69, 9.17) is 5.26 Å². The van der Waals surface area contributed by atoms with Gasteiger partial charge in [-0.3, -0.25) is 0 Å². The van der Waals surface area contributed by atoms with Crippen LogP contribution in [0.3, 0.4) is 0 Å². The van der Waals surface area contributed by atoms with E-state index in [2.05, 4.69) is 16.0 Å². The molecule has 0 unspecified atom stereocenters.